The lowest BCUT2D eigenvalue weighted by Gasteiger charge is -2.04. The van der Waals surface area contributed by atoms with E-state index in [1.807, 2.05) is 18.2 Å². The van der Waals surface area contributed by atoms with Gasteiger partial charge in [0.1, 0.15) is 11.5 Å². The number of benzene rings is 2. The Morgan fingerprint density at radius 2 is 1.24 bits per heavy atom. The van der Waals surface area contributed by atoms with Crippen molar-refractivity contribution >= 4 is 5.97 Å². The number of unbranched alkanes of at least 4 members (excludes halogenated alkanes) is 9. The van der Waals surface area contributed by atoms with Crippen LogP contribution in [0.3, 0.4) is 0 Å². The first-order chi connectivity index (χ1) is 14.0. The number of hydrogen-bond acceptors (Lipinski definition) is 3. The van der Waals surface area contributed by atoms with Gasteiger partial charge in [-0.1, -0.05) is 82.9 Å². The number of aryl methyl sites for hydroxylation is 1. The Kier molecular flexibility index (Phi) is 13.1. The fourth-order valence-electron chi connectivity index (χ4n) is 3.13. The van der Waals surface area contributed by atoms with Crippen molar-refractivity contribution < 1.29 is 20.1 Å². The van der Waals surface area contributed by atoms with E-state index in [0.29, 0.717) is 5.75 Å². The molecule has 0 heterocycles. The van der Waals surface area contributed by atoms with Crippen LogP contribution in [-0.2, 0) is 6.42 Å². The van der Waals surface area contributed by atoms with E-state index in [-0.39, 0.29) is 11.3 Å². The largest absolute Gasteiger partial charge is 0.508 e. The predicted molar refractivity (Wildman–Crippen MR) is 119 cm³/mol. The number of rotatable bonds is 12. The average molecular weight is 401 g/mol. The van der Waals surface area contributed by atoms with Crippen LogP contribution in [-0.4, -0.2) is 21.3 Å². The van der Waals surface area contributed by atoms with Gasteiger partial charge in [0.05, 0.1) is 5.56 Å². The number of aromatic hydroxyl groups is 2. The van der Waals surface area contributed by atoms with Crippen molar-refractivity contribution in [2.75, 3.05) is 0 Å². The summed E-state index contributed by atoms with van der Waals surface area (Å²) < 4.78 is 0. The van der Waals surface area contributed by atoms with Crippen molar-refractivity contribution in [3.8, 4) is 11.5 Å². The first-order valence-corrected chi connectivity index (χ1v) is 10.8. The number of phenols is 2. The second-order valence-electron chi connectivity index (χ2n) is 7.41. The zero-order chi connectivity index (χ0) is 21.3. The van der Waals surface area contributed by atoms with Gasteiger partial charge in [-0.25, -0.2) is 4.79 Å². The molecule has 0 bridgehead atoms. The summed E-state index contributed by atoms with van der Waals surface area (Å²) in [7, 11) is 0. The molecule has 0 saturated heterocycles. The fraction of sp³-hybridized carbons (Fsp3) is 0.480. The van der Waals surface area contributed by atoms with Crippen LogP contribution >= 0.6 is 0 Å². The minimum absolute atomic E-state index is 0.0741. The van der Waals surface area contributed by atoms with Crippen LogP contribution in [0.4, 0.5) is 0 Å². The van der Waals surface area contributed by atoms with E-state index in [0.717, 1.165) is 12.0 Å². The number of carbonyl (C=O) groups is 1. The summed E-state index contributed by atoms with van der Waals surface area (Å²) >= 11 is 0. The van der Waals surface area contributed by atoms with Gasteiger partial charge in [-0.3, -0.25) is 0 Å². The summed E-state index contributed by atoms with van der Waals surface area (Å²) in [5.74, 6) is -0.455. The third-order valence-corrected chi connectivity index (χ3v) is 4.91. The smallest absolute Gasteiger partial charge is 0.335 e. The third-order valence-electron chi connectivity index (χ3n) is 4.91. The number of carboxylic acid groups (broad SMARTS) is 1. The van der Waals surface area contributed by atoms with Gasteiger partial charge in [-0.2, -0.15) is 0 Å². The molecule has 0 unspecified atom stereocenters. The average Bonchev–Trinajstić information content (AvgIpc) is 2.71. The molecule has 0 radical (unpaired) electrons. The highest BCUT2D eigenvalue weighted by Gasteiger charge is 2.00. The van der Waals surface area contributed by atoms with Gasteiger partial charge < -0.3 is 15.3 Å². The van der Waals surface area contributed by atoms with Crippen molar-refractivity contribution in [1.82, 2.24) is 0 Å². The van der Waals surface area contributed by atoms with E-state index >= 15 is 0 Å². The Balaban J connectivity index is 0.000000352. The molecule has 0 fully saturated rings. The van der Waals surface area contributed by atoms with Crippen molar-refractivity contribution in [2.45, 2.75) is 77.6 Å². The summed E-state index contributed by atoms with van der Waals surface area (Å²) in [6.07, 6.45) is 14.6. The number of carboxylic acids is 1. The van der Waals surface area contributed by atoms with Crippen LogP contribution in [0.5, 0.6) is 11.5 Å². The van der Waals surface area contributed by atoms with E-state index in [1.165, 1.54) is 88.5 Å². The Labute approximate surface area is 175 Å². The number of aromatic carboxylic acids is 1. The molecule has 0 spiro atoms. The summed E-state index contributed by atoms with van der Waals surface area (Å²) in [5.41, 5.74) is 1.28. The Morgan fingerprint density at radius 1 is 0.724 bits per heavy atom. The molecule has 0 aliphatic rings. The van der Waals surface area contributed by atoms with E-state index < -0.39 is 5.97 Å². The number of para-hydroxylation sites is 1. The quantitative estimate of drug-likeness (QED) is 0.337. The molecular formula is C25H36O4. The van der Waals surface area contributed by atoms with Gasteiger partial charge >= 0.3 is 5.97 Å². The molecule has 2 aromatic rings. The van der Waals surface area contributed by atoms with E-state index in [4.69, 9.17) is 10.2 Å². The lowest BCUT2D eigenvalue weighted by atomic mass is 10.0. The highest BCUT2D eigenvalue weighted by molar-refractivity contribution is 5.87. The first-order valence-electron chi connectivity index (χ1n) is 10.8. The summed E-state index contributed by atoms with van der Waals surface area (Å²) in [6.45, 7) is 2.27. The van der Waals surface area contributed by atoms with Crippen LogP contribution in [0, 0.1) is 0 Å². The second kappa shape index (κ2) is 15.4. The van der Waals surface area contributed by atoms with E-state index in [2.05, 4.69) is 6.92 Å². The second-order valence-corrected chi connectivity index (χ2v) is 7.41. The Bertz CT molecular complexity index is 679. The van der Waals surface area contributed by atoms with Gasteiger partial charge in [0.2, 0.25) is 0 Å². The van der Waals surface area contributed by atoms with Crippen molar-refractivity contribution in [2.24, 2.45) is 0 Å². The van der Waals surface area contributed by atoms with Gasteiger partial charge in [0.25, 0.3) is 0 Å². The Hall–Kier alpha value is -2.49. The van der Waals surface area contributed by atoms with E-state index in [9.17, 15) is 9.90 Å². The molecule has 4 heteroatoms. The minimum atomic E-state index is -0.986. The summed E-state index contributed by atoms with van der Waals surface area (Å²) in [4.78, 5) is 10.2. The lowest BCUT2D eigenvalue weighted by Crippen LogP contribution is -1.93. The zero-order valence-corrected chi connectivity index (χ0v) is 17.6. The summed E-state index contributed by atoms with van der Waals surface area (Å²) in [5, 5.41) is 26.8. The van der Waals surface area contributed by atoms with Crippen LogP contribution < -0.4 is 0 Å². The van der Waals surface area contributed by atoms with Crippen molar-refractivity contribution in [3.63, 3.8) is 0 Å². The summed E-state index contributed by atoms with van der Waals surface area (Å²) in [6, 6.07) is 13.1. The highest BCUT2D eigenvalue weighted by atomic mass is 16.4. The molecule has 0 amide bonds. The molecule has 160 valence electrons. The van der Waals surface area contributed by atoms with Crippen molar-refractivity contribution in [3.05, 3.63) is 59.7 Å². The third kappa shape index (κ3) is 11.8. The number of hydrogen-bond donors (Lipinski definition) is 3. The maximum Gasteiger partial charge on any atom is 0.335 e. The monoisotopic (exact) mass is 400 g/mol. The number of phenolic OH excluding ortho intramolecular Hbond substituents is 2. The molecule has 2 rings (SSSR count). The molecule has 29 heavy (non-hydrogen) atoms. The van der Waals surface area contributed by atoms with Crippen LogP contribution in [0.25, 0.3) is 0 Å². The normalized spacial score (nSPS) is 10.2. The lowest BCUT2D eigenvalue weighted by molar-refractivity contribution is 0.0697. The first kappa shape index (κ1) is 24.5. The SMILES string of the molecule is CCCCCCCCCCCCc1ccccc1O.O=C(O)c1ccc(O)cc1. The molecule has 0 atom stereocenters. The van der Waals surface area contributed by atoms with Crippen LogP contribution in [0.2, 0.25) is 0 Å². The molecule has 0 aromatic heterocycles. The van der Waals surface area contributed by atoms with E-state index in [1.54, 1.807) is 6.07 Å². The topological polar surface area (TPSA) is 77.8 Å². The molecule has 2 aromatic carbocycles. The van der Waals surface area contributed by atoms with Gasteiger partial charge in [-0.05, 0) is 48.7 Å². The highest BCUT2D eigenvalue weighted by Crippen LogP contribution is 2.19. The molecule has 4 nitrogen and oxygen atoms in total. The maximum absolute atomic E-state index is 10.2. The molecular weight excluding hydrogens is 364 g/mol. The van der Waals surface area contributed by atoms with Crippen molar-refractivity contribution in [1.29, 1.82) is 0 Å². The molecule has 0 aliphatic heterocycles. The molecule has 3 N–H and O–H groups in total. The van der Waals surface area contributed by atoms with Crippen LogP contribution in [0.1, 0.15) is 87.1 Å². The predicted octanol–water partition coefficient (Wildman–Crippen LogP) is 6.95. The van der Waals surface area contributed by atoms with Gasteiger partial charge in [0.15, 0.2) is 0 Å². The van der Waals surface area contributed by atoms with Gasteiger partial charge in [0, 0.05) is 0 Å². The fourth-order valence-corrected chi connectivity index (χ4v) is 3.13. The van der Waals surface area contributed by atoms with Crippen LogP contribution in [0.15, 0.2) is 48.5 Å². The maximum atomic E-state index is 10.2. The van der Waals surface area contributed by atoms with Gasteiger partial charge in [-0.15, -0.1) is 0 Å². The zero-order valence-electron chi connectivity index (χ0n) is 17.6. The standard InChI is InChI=1S/C18H30O.C7H6O3/c1-2-3-4-5-6-7-8-9-10-11-14-17-15-12-13-16-18(17)19;8-6-3-1-5(2-4-6)7(9)10/h12-13,15-16,19H,2-11,14H2,1H3;1-4,8H,(H,9,10). The molecule has 0 saturated carbocycles. The Morgan fingerprint density at radius 3 is 1.76 bits per heavy atom. The minimum Gasteiger partial charge on any atom is -0.508 e. The molecule has 0 aliphatic carbocycles.